The first-order chi connectivity index (χ1) is 12.6. The van der Waals surface area contributed by atoms with Gasteiger partial charge in [-0.1, -0.05) is 26.0 Å². The lowest BCUT2D eigenvalue weighted by molar-refractivity contribution is -0.113. The molecule has 0 unspecified atom stereocenters. The summed E-state index contributed by atoms with van der Waals surface area (Å²) in [5.41, 5.74) is 4.17. The van der Waals surface area contributed by atoms with Gasteiger partial charge in [-0.05, 0) is 31.9 Å². The van der Waals surface area contributed by atoms with Gasteiger partial charge in [0.2, 0.25) is 0 Å². The van der Waals surface area contributed by atoms with E-state index < -0.39 is 0 Å². The predicted octanol–water partition coefficient (Wildman–Crippen LogP) is 3.36. The highest BCUT2D eigenvalue weighted by Crippen LogP contribution is 2.36. The Morgan fingerprint density at radius 1 is 1.31 bits per heavy atom. The molecule has 0 atom stereocenters. The van der Waals surface area contributed by atoms with E-state index in [1.54, 1.807) is 0 Å². The third-order valence-corrected chi connectivity index (χ3v) is 4.45. The summed E-state index contributed by atoms with van der Waals surface area (Å²) in [5, 5.41) is 7.54. The number of carbonyl (C=O) groups is 1. The molecular weight excluding hydrogens is 330 g/mol. The van der Waals surface area contributed by atoms with Crippen LogP contribution in [0.2, 0.25) is 0 Å². The van der Waals surface area contributed by atoms with E-state index in [0.29, 0.717) is 23.7 Å². The summed E-state index contributed by atoms with van der Waals surface area (Å²) in [6, 6.07) is 5.69. The Morgan fingerprint density at radius 3 is 2.81 bits per heavy atom. The van der Waals surface area contributed by atoms with Crippen LogP contribution in [0.3, 0.4) is 0 Å². The molecule has 6 heteroatoms. The molecule has 6 nitrogen and oxygen atoms in total. The second-order valence-corrected chi connectivity index (χ2v) is 6.12. The number of amides is 1. The molecule has 1 aliphatic rings. The van der Waals surface area contributed by atoms with Crippen molar-refractivity contribution >= 4 is 17.7 Å². The van der Waals surface area contributed by atoms with Gasteiger partial charge in [-0.2, -0.15) is 5.10 Å². The zero-order chi connectivity index (χ0) is 18.7. The normalized spacial score (nSPS) is 12.8. The fraction of sp³-hybridized carbons (Fsp3) is 0.400. The van der Waals surface area contributed by atoms with Crippen molar-refractivity contribution in [2.75, 3.05) is 18.5 Å². The lowest BCUT2D eigenvalue weighted by Gasteiger charge is -2.20. The minimum absolute atomic E-state index is 0.158. The summed E-state index contributed by atoms with van der Waals surface area (Å²) >= 11 is 0. The van der Waals surface area contributed by atoms with Crippen molar-refractivity contribution < 1.29 is 14.3 Å². The van der Waals surface area contributed by atoms with Gasteiger partial charge in [0, 0.05) is 12.6 Å². The first kappa shape index (κ1) is 18.0. The standard InChI is InChI=1S/C20H25N3O3/c1-5-15-18(16(6-2)23(4)22-15)21-20(24)14-11-13-9-8-10-17(25-7-3)19(13)26-12-14/h8-11H,5-7,12H2,1-4H3,(H,21,24). The number of hydrogen-bond donors (Lipinski definition) is 1. The number of nitrogens with one attached hydrogen (secondary N) is 1. The van der Waals surface area contributed by atoms with Gasteiger partial charge in [0.1, 0.15) is 6.61 Å². The molecule has 1 aliphatic heterocycles. The maximum atomic E-state index is 12.8. The third kappa shape index (κ3) is 3.31. The molecule has 0 saturated carbocycles. The molecule has 0 aliphatic carbocycles. The SMILES string of the molecule is CCOc1cccc2c1OCC(C(=O)Nc1c(CC)nn(C)c1CC)=C2. The van der Waals surface area contributed by atoms with E-state index in [1.165, 1.54) is 0 Å². The quantitative estimate of drug-likeness (QED) is 0.863. The smallest absolute Gasteiger partial charge is 0.255 e. The van der Waals surface area contributed by atoms with Crippen LogP contribution in [0, 0.1) is 0 Å². The molecule has 0 fully saturated rings. The van der Waals surface area contributed by atoms with Crippen LogP contribution < -0.4 is 14.8 Å². The number of hydrogen-bond acceptors (Lipinski definition) is 4. The molecule has 3 rings (SSSR count). The van der Waals surface area contributed by atoms with Gasteiger partial charge in [-0.25, -0.2) is 0 Å². The lowest BCUT2D eigenvalue weighted by Crippen LogP contribution is -2.22. The van der Waals surface area contributed by atoms with Crippen LogP contribution >= 0.6 is 0 Å². The Labute approximate surface area is 153 Å². The number of benzene rings is 1. The number of nitrogens with zero attached hydrogens (tertiary/aromatic N) is 2. The molecule has 0 spiro atoms. The van der Waals surface area contributed by atoms with Gasteiger partial charge in [0.25, 0.3) is 5.91 Å². The molecule has 138 valence electrons. The number of aromatic nitrogens is 2. The molecule has 0 bridgehead atoms. The largest absolute Gasteiger partial charge is 0.490 e. The molecular formula is C20H25N3O3. The maximum Gasteiger partial charge on any atom is 0.255 e. The molecule has 1 aromatic carbocycles. The molecule has 1 N–H and O–H groups in total. The van der Waals surface area contributed by atoms with Gasteiger partial charge >= 0.3 is 0 Å². The van der Waals surface area contributed by atoms with Crippen molar-refractivity contribution in [1.82, 2.24) is 9.78 Å². The highest BCUT2D eigenvalue weighted by molar-refractivity contribution is 6.08. The lowest BCUT2D eigenvalue weighted by atomic mass is 10.1. The van der Waals surface area contributed by atoms with E-state index in [2.05, 4.69) is 17.3 Å². The van der Waals surface area contributed by atoms with E-state index in [-0.39, 0.29) is 12.5 Å². The van der Waals surface area contributed by atoms with Crippen LogP contribution in [0.5, 0.6) is 11.5 Å². The average Bonchev–Trinajstić information content (AvgIpc) is 2.96. The van der Waals surface area contributed by atoms with E-state index in [9.17, 15) is 4.79 Å². The number of ether oxygens (including phenoxy) is 2. The second kappa shape index (κ2) is 7.64. The zero-order valence-corrected chi connectivity index (χ0v) is 15.8. The summed E-state index contributed by atoms with van der Waals surface area (Å²) in [5.74, 6) is 1.24. The van der Waals surface area contributed by atoms with Crippen molar-refractivity contribution in [3.8, 4) is 11.5 Å². The minimum atomic E-state index is -0.158. The summed E-state index contributed by atoms with van der Waals surface area (Å²) < 4.78 is 13.3. The van der Waals surface area contributed by atoms with Gasteiger partial charge in [-0.15, -0.1) is 0 Å². The van der Waals surface area contributed by atoms with Gasteiger partial charge in [0.05, 0.1) is 29.3 Å². The fourth-order valence-corrected chi connectivity index (χ4v) is 3.19. The minimum Gasteiger partial charge on any atom is -0.490 e. The number of aryl methyl sites for hydroxylation is 2. The van der Waals surface area contributed by atoms with E-state index >= 15 is 0 Å². The van der Waals surface area contributed by atoms with Crippen LogP contribution in [-0.2, 0) is 24.7 Å². The topological polar surface area (TPSA) is 65.4 Å². The first-order valence-corrected chi connectivity index (χ1v) is 9.04. The summed E-state index contributed by atoms with van der Waals surface area (Å²) in [6.07, 6.45) is 3.43. The Balaban J connectivity index is 1.87. The fourth-order valence-electron chi connectivity index (χ4n) is 3.19. The third-order valence-electron chi connectivity index (χ3n) is 4.45. The molecule has 0 radical (unpaired) electrons. The summed E-state index contributed by atoms with van der Waals surface area (Å²) in [6.45, 7) is 6.80. The molecule has 2 aromatic rings. The second-order valence-electron chi connectivity index (χ2n) is 6.12. The Morgan fingerprint density at radius 2 is 2.12 bits per heavy atom. The number of para-hydroxylation sites is 1. The highest BCUT2D eigenvalue weighted by atomic mass is 16.5. The average molecular weight is 355 g/mol. The Hall–Kier alpha value is -2.76. The summed E-state index contributed by atoms with van der Waals surface area (Å²) in [4.78, 5) is 12.8. The zero-order valence-electron chi connectivity index (χ0n) is 15.8. The number of anilines is 1. The molecule has 26 heavy (non-hydrogen) atoms. The van der Waals surface area contributed by atoms with Crippen molar-refractivity contribution in [3.63, 3.8) is 0 Å². The number of carbonyl (C=O) groups excluding carboxylic acids is 1. The van der Waals surface area contributed by atoms with Crippen LogP contribution in [-0.4, -0.2) is 28.9 Å². The maximum absolute atomic E-state index is 12.8. The predicted molar refractivity (Wildman–Crippen MR) is 102 cm³/mol. The van der Waals surface area contributed by atoms with E-state index in [4.69, 9.17) is 9.47 Å². The van der Waals surface area contributed by atoms with E-state index in [0.717, 1.165) is 35.5 Å². The van der Waals surface area contributed by atoms with Gasteiger partial charge in [0.15, 0.2) is 11.5 Å². The van der Waals surface area contributed by atoms with Crippen LogP contribution in [0.4, 0.5) is 5.69 Å². The van der Waals surface area contributed by atoms with E-state index in [1.807, 2.05) is 49.9 Å². The van der Waals surface area contributed by atoms with Crippen LogP contribution in [0.1, 0.15) is 37.7 Å². The van der Waals surface area contributed by atoms with Crippen molar-refractivity contribution in [2.24, 2.45) is 7.05 Å². The monoisotopic (exact) mass is 355 g/mol. The van der Waals surface area contributed by atoms with Crippen molar-refractivity contribution in [1.29, 1.82) is 0 Å². The first-order valence-electron chi connectivity index (χ1n) is 9.04. The highest BCUT2D eigenvalue weighted by Gasteiger charge is 2.23. The molecule has 0 saturated heterocycles. The van der Waals surface area contributed by atoms with Gasteiger partial charge < -0.3 is 14.8 Å². The summed E-state index contributed by atoms with van der Waals surface area (Å²) in [7, 11) is 1.90. The Bertz CT molecular complexity index is 852. The number of fused-ring (bicyclic) bond motifs is 1. The van der Waals surface area contributed by atoms with Crippen LogP contribution in [0.25, 0.3) is 6.08 Å². The van der Waals surface area contributed by atoms with Crippen molar-refractivity contribution in [3.05, 3.63) is 40.7 Å². The number of rotatable bonds is 6. The molecule has 1 aromatic heterocycles. The molecule has 2 heterocycles. The van der Waals surface area contributed by atoms with Gasteiger partial charge in [-0.3, -0.25) is 9.48 Å². The Kier molecular flexibility index (Phi) is 5.30. The van der Waals surface area contributed by atoms with Crippen LogP contribution in [0.15, 0.2) is 23.8 Å². The van der Waals surface area contributed by atoms with Crippen molar-refractivity contribution in [2.45, 2.75) is 33.6 Å². The molecule has 1 amide bonds.